The van der Waals surface area contributed by atoms with E-state index in [0.717, 1.165) is 38.8 Å². The number of aliphatic hydroxyl groups is 1. The van der Waals surface area contributed by atoms with E-state index in [0.29, 0.717) is 23.9 Å². The molecule has 0 bridgehead atoms. The van der Waals surface area contributed by atoms with Crippen LogP contribution in [0.3, 0.4) is 0 Å². The second kappa shape index (κ2) is 9.30. The molecule has 1 aliphatic heterocycles. The van der Waals surface area contributed by atoms with Crippen LogP contribution in [-0.2, 0) is 12.4 Å². The first-order valence-electron chi connectivity index (χ1n) is 10.3. The second-order valence-electron chi connectivity index (χ2n) is 8.34. The Morgan fingerprint density at radius 2 is 1.53 bits per heavy atom. The monoisotopic (exact) mass is 465 g/mol. The maximum Gasteiger partial charge on any atom is 0.416 e. The lowest BCUT2D eigenvalue weighted by atomic mass is 9.89. The molecular weight excluding hydrogens is 440 g/mol. The predicted octanol–water partition coefficient (Wildman–Crippen LogP) is 3.55. The van der Waals surface area contributed by atoms with Gasteiger partial charge in [0, 0.05) is 30.4 Å². The molecule has 1 heterocycles. The minimum Gasteiger partial charge on any atom is -0.393 e. The van der Waals surface area contributed by atoms with Gasteiger partial charge in [0.15, 0.2) is 0 Å². The predicted molar refractivity (Wildman–Crippen MR) is 105 cm³/mol. The Kier molecular flexibility index (Phi) is 7.09. The molecule has 3 rings (SSSR count). The third kappa shape index (κ3) is 6.16. The summed E-state index contributed by atoms with van der Waals surface area (Å²) in [7, 11) is 0. The van der Waals surface area contributed by atoms with E-state index >= 15 is 0 Å². The Morgan fingerprint density at radius 3 is 2.03 bits per heavy atom. The summed E-state index contributed by atoms with van der Waals surface area (Å²) in [4.78, 5) is 14.5. The first-order valence-corrected chi connectivity index (χ1v) is 10.3. The fourth-order valence-electron chi connectivity index (χ4n) is 4.04. The van der Waals surface area contributed by atoms with Crippen molar-refractivity contribution in [1.29, 1.82) is 0 Å². The molecule has 5 nitrogen and oxygen atoms in total. The largest absolute Gasteiger partial charge is 0.416 e. The Balaban J connectivity index is 1.51. The van der Waals surface area contributed by atoms with E-state index in [2.05, 4.69) is 22.1 Å². The van der Waals surface area contributed by atoms with Gasteiger partial charge in [-0.3, -0.25) is 9.69 Å². The average Bonchev–Trinajstić information content (AvgIpc) is 2.68. The van der Waals surface area contributed by atoms with E-state index in [-0.39, 0.29) is 24.8 Å². The molecule has 0 radical (unpaired) electrons. The van der Waals surface area contributed by atoms with Gasteiger partial charge in [-0.1, -0.05) is 6.58 Å². The molecular formula is C21H25F6N3O2. The Bertz CT molecular complexity index is 809. The number of nitrogens with zero attached hydrogens (tertiary/aromatic N) is 1. The summed E-state index contributed by atoms with van der Waals surface area (Å²) in [6, 6.07) is 1.29. The van der Waals surface area contributed by atoms with Crippen LogP contribution in [-0.4, -0.2) is 53.7 Å². The molecule has 11 heteroatoms. The highest BCUT2D eigenvalue weighted by Crippen LogP contribution is 2.36. The molecule has 2 fully saturated rings. The van der Waals surface area contributed by atoms with Gasteiger partial charge in [0.25, 0.3) is 5.91 Å². The molecule has 1 aromatic carbocycles. The molecule has 3 N–H and O–H groups in total. The number of aliphatic hydroxyl groups excluding tert-OH is 1. The van der Waals surface area contributed by atoms with E-state index in [4.69, 9.17) is 0 Å². The summed E-state index contributed by atoms with van der Waals surface area (Å²) in [6.45, 7) is 5.15. The summed E-state index contributed by atoms with van der Waals surface area (Å²) >= 11 is 0. The number of nitrogens with one attached hydrogen (secondary N) is 2. The van der Waals surface area contributed by atoms with Crippen molar-refractivity contribution < 1.29 is 36.2 Å². The molecule has 2 aliphatic rings. The van der Waals surface area contributed by atoms with Gasteiger partial charge >= 0.3 is 12.4 Å². The highest BCUT2D eigenvalue weighted by atomic mass is 19.4. The molecule has 1 aromatic rings. The molecule has 1 saturated carbocycles. The lowest BCUT2D eigenvalue weighted by Crippen LogP contribution is -2.61. The lowest BCUT2D eigenvalue weighted by molar-refractivity contribution is -0.143. The second-order valence-corrected chi connectivity index (χ2v) is 8.34. The van der Waals surface area contributed by atoms with E-state index < -0.39 is 35.0 Å². The molecule has 1 aliphatic carbocycles. The van der Waals surface area contributed by atoms with Gasteiger partial charge in [0.2, 0.25) is 0 Å². The minimum absolute atomic E-state index is 0.0212. The van der Waals surface area contributed by atoms with Crippen LogP contribution in [0, 0.1) is 0 Å². The molecule has 0 aromatic heterocycles. The fourth-order valence-corrected chi connectivity index (χ4v) is 4.04. The summed E-state index contributed by atoms with van der Waals surface area (Å²) in [5, 5.41) is 15.0. The molecule has 178 valence electrons. The summed E-state index contributed by atoms with van der Waals surface area (Å²) in [5.74, 6) is -1.06. The number of likely N-dealkylation sites (tertiary alicyclic amines) is 1. The number of hydrogen-bond donors (Lipinski definition) is 3. The van der Waals surface area contributed by atoms with Crippen molar-refractivity contribution in [2.75, 3.05) is 19.6 Å². The SMILES string of the molecule is C=C(CNC(=O)c1cc(C(F)(F)F)cc(C(F)(F)F)c1)NC1CN(C2CCC(O)CC2)C1. The van der Waals surface area contributed by atoms with E-state index in [1.54, 1.807) is 0 Å². The van der Waals surface area contributed by atoms with Gasteiger partial charge in [-0.2, -0.15) is 26.3 Å². The zero-order valence-electron chi connectivity index (χ0n) is 17.2. The Labute approximate surface area is 181 Å². The molecule has 0 spiro atoms. The minimum atomic E-state index is -5.02. The van der Waals surface area contributed by atoms with E-state index in [1.165, 1.54) is 0 Å². The number of rotatable bonds is 6. The summed E-state index contributed by atoms with van der Waals surface area (Å²) in [5.41, 5.74) is -3.40. The highest BCUT2D eigenvalue weighted by Gasteiger charge is 2.38. The number of benzene rings is 1. The number of alkyl halides is 6. The van der Waals surface area contributed by atoms with E-state index in [9.17, 15) is 36.2 Å². The molecule has 0 atom stereocenters. The number of halogens is 6. The zero-order valence-corrected chi connectivity index (χ0v) is 17.2. The number of amides is 1. The van der Waals surface area contributed by atoms with Gasteiger partial charge in [0.05, 0.1) is 29.8 Å². The first-order chi connectivity index (χ1) is 14.8. The van der Waals surface area contributed by atoms with Crippen LogP contribution in [0.4, 0.5) is 26.3 Å². The van der Waals surface area contributed by atoms with Gasteiger partial charge in [-0.25, -0.2) is 0 Å². The van der Waals surface area contributed by atoms with Crippen molar-refractivity contribution in [3.63, 3.8) is 0 Å². The van der Waals surface area contributed by atoms with Crippen LogP contribution in [0.1, 0.15) is 47.2 Å². The van der Waals surface area contributed by atoms with Crippen molar-refractivity contribution >= 4 is 5.91 Å². The van der Waals surface area contributed by atoms with Gasteiger partial charge < -0.3 is 15.7 Å². The van der Waals surface area contributed by atoms with Crippen LogP contribution >= 0.6 is 0 Å². The topological polar surface area (TPSA) is 64.6 Å². The van der Waals surface area contributed by atoms with Gasteiger partial charge in [0.1, 0.15) is 0 Å². The lowest BCUT2D eigenvalue weighted by Gasteiger charge is -2.46. The third-order valence-electron chi connectivity index (χ3n) is 5.81. The van der Waals surface area contributed by atoms with Crippen LogP contribution in [0.25, 0.3) is 0 Å². The fraction of sp³-hybridized carbons (Fsp3) is 0.571. The number of carbonyl (C=O) groups excluding carboxylic acids is 1. The van der Waals surface area contributed by atoms with Crippen LogP contribution in [0.5, 0.6) is 0 Å². The van der Waals surface area contributed by atoms with Crippen LogP contribution in [0.2, 0.25) is 0 Å². The molecule has 1 saturated heterocycles. The number of hydrogen-bond acceptors (Lipinski definition) is 4. The number of carbonyl (C=O) groups is 1. The van der Waals surface area contributed by atoms with Gasteiger partial charge in [-0.15, -0.1) is 0 Å². The first kappa shape index (κ1) is 24.4. The quantitative estimate of drug-likeness (QED) is 0.563. The van der Waals surface area contributed by atoms with Crippen LogP contribution in [0.15, 0.2) is 30.5 Å². The molecule has 32 heavy (non-hydrogen) atoms. The maximum atomic E-state index is 12.9. The molecule has 1 amide bonds. The van der Waals surface area contributed by atoms with Crippen molar-refractivity contribution in [2.24, 2.45) is 0 Å². The zero-order chi connectivity index (χ0) is 23.7. The molecule has 0 unspecified atom stereocenters. The van der Waals surface area contributed by atoms with Gasteiger partial charge in [-0.05, 0) is 43.9 Å². The van der Waals surface area contributed by atoms with Crippen molar-refractivity contribution in [2.45, 2.75) is 56.2 Å². The van der Waals surface area contributed by atoms with Crippen molar-refractivity contribution in [3.05, 3.63) is 47.2 Å². The Hall–Kier alpha value is -2.27. The highest BCUT2D eigenvalue weighted by molar-refractivity contribution is 5.94. The average molecular weight is 465 g/mol. The smallest absolute Gasteiger partial charge is 0.393 e. The van der Waals surface area contributed by atoms with E-state index in [1.807, 2.05) is 0 Å². The maximum absolute atomic E-state index is 12.9. The third-order valence-corrected chi connectivity index (χ3v) is 5.81. The van der Waals surface area contributed by atoms with Crippen molar-refractivity contribution in [3.8, 4) is 0 Å². The normalized spacial score (nSPS) is 22.8. The standard InChI is InChI=1S/C21H25F6N3O2/c1-12(29-16-10-30(11-16)17-2-4-18(31)5-3-17)9-28-19(32)13-6-14(20(22,23)24)8-15(7-13)21(25,26)27/h6-8,16-18,29,31H,1-5,9-11H2,(H,28,32). The summed E-state index contributed by atoms with van der Waals surface area (Å²) < 4.78 is 77.7. The van der Waals surface area contributed by atoms with Crippen molar-refractivity contribution in [1.82, 2.24) is 15.5 Å². The Morgan fingerprint density at radius 1 is 1.00 bits per heavy atom. The van der Waals surface area contributed by atoms with Crippen LogP contribution < -0.4 is 10.6 Å². The summed E-state index contributed by atoms with van der Waals surface area (Å²) in [6.07, 6.45) is -6.84.